The van der Waals surface area contributed by atoms with Gasteiger partial charge in [0.1, 0.15) is 17.7 Å². The van der Waals surface area contributed by atoms with Gasteiger partial charge in [-0.1, -0.05) is 12.1 Å². The molecule has 204 valence electrons. The van der Waals surface area contributed by atoms with Crippen LogP contribution in [0.4, 0.5) is 11.6 Å². The lowest BCUT2D eigenvalue weighted by Gasteiger charge is -2.21. The first-order chi connectivity index (χ1) is 18.5. The second-order valence-electron chi connectivity index (χ2n) is 10.5. The summed E-state index contributed by atoms with van der Waals surface area (Å²) in [5, 5.41) is 15.9. The van der Waals surface area contributed by atoms with Crippen molar-refractivity contribution in [3.05, 3.63) is 47.8 Å². The molecule has 0 unspecified atom stereocenters. The second-order valence-corrected chi connectivity index (χ2v) is 10.5. The third-order valence-electron chi connectivity index (χ3n) is 7.77. The number of likely N-dealkylation sites (tertiary alicyclic amines) is 1. The quantitative estimate of drug-likeness (QED) is 0.407. The smallest absolute Gasteiger partial charge is 0.326 e. The van der Waals surface area contributed by atoms with E-state index in [1.807, 2.05) is 18.2 Å². The Hall–Kier alpha value is -3.24. The number of anilines is 2. The molecule has 10 heteroatoms. The number of ether oxygens (including phenoxy) is 1. The Morgan fingerprint density at radius 1 is 1.18 bits per heavy atom. The number of carbonyl (C=O) groups is 2. The molecule has 0 saturated carbocycles. The van der Waals surface area contributed by atoms with Crippen LogP contribution in [0.3, 0.4) is 0 Å². The summed E-state index contributed by atoms with van der Waals surface area (Å²) >= 11 is 0. The van der Waals surface area contributed by atoms with E-state index in [1.165, 1.54) is 5.56 Å². The molecule has 38 heavy (non-hydrogen) atoms. The summed E-state index contributed by atoms with van der Waals surface area (Å²) in [5.41, 5.74) is 2.33. The SMILES string of the molecule is O=C(N[C@@H](CCN1CC[C@@H](OCCc2ccc3c(n2)NCCC3)C1)C(=O)O)[C@@H]1CCN(c2ccccn2)C1. The lowest BCUT2D eigenvalue weighted by Crippen LogP contribution is -2.45. The van der Waals surface area contributed by atoms with Gasteiger partial charge in [-0.2, -0.15) is 0 Å². The number of hydrogen-bond acceptors (Lipinski definition) is 8. The predicted molar refractivity (Wildman–Crippen MR) is 144 cm³/mol. The van der Waals surface area contributed by atoms with Crippen LogP contribution in [-0.2, 0) is 27.2 Å². The first-order valence-electron chi connectivity index (χ1n) is 13.8. The lowest BCUT2D eigenvalue weighted by atomic mass is 10.1. The molecule has 10 nitrogen and oxygen atoms in total. The highest BCUT2D eigenvalue weighted by molar-refractivity contribution is 5.85. The fourth-order valence-corrected chi connectivity index (χ4v) is 5.56. The molecule has 2 aromatic rings. The van der Waals surface area contributed by atoms with Gasteiger partial charge in [-0.25, -0.2) is 14.8 Å². The van der Waals surface area contributed by atoms with Crippen molar-refractivity contribution >= 4 is 23.5 Å². The van der Waals surface area contributed by atoms with E-state index >= 15 is 0 Å². The van der Waals surface area contributed by atoms with Crippen molar-refractivity contribution in [2.45, 2.75) is 50.7 Å². The minimum absolute atomic E-state index is 0.139. The van der Waals surface area contributed by atoms with Crippen LogP contribution in [0.25, 0.3) is 0 Å². The van der Waals surface area contributed by atoms with Gasteiger partial charge in [0.05, 0.1) is 18.6 Å². The van der Waals surface area contributed by atoms with Crippen LogP contribution < -0.4 is 15.5 Å². The Balaban J connectivity index is 1.02. The molecule has 3 atom stereocenters. The van der Waals surface area contributed by atoms with Gasteiger partial charge in [0.2, 0.25) is 5.91 Å². The lowest BCUT2D eigenvalue weighted by molar-refractivity contribution is -0.142. The molecule has 0 radical (unpaired) electrons. The van der Waals surface area contributed by atoms with Gasteiger partial charge in [-0.3, -0.25) is 4.79 Å². The summed E-state index contributed by atoms with van der Waals surface area (Å²) in [6.45, 7) is 5.15. The van der Waals surface area contributed by atoms with Crippen LogP contribution in [0, 0.1) is 5.92 Å². The van der Waals surface area contributed by atoms with Crippen molar-refractivity contribution in [2.75, 3.05) is 56.1 Å². The van der Waals surface area contributed by atoms with Crippen LogP contribution in [0.15, 0.2) is 36.5 Å². The van der Waals surface area contributed by atoms with E-state index < -0.39 is 12.0 Å². The van der Waals surface area contributed by atoms with Crippen molar-refractivity contribution in [1.82, 2.24) is 20.2 Å². The maximum atomic E-state index is 12.8. The molecule has 2 aromatic heterocycles. The highest BCUT2D eigenvalue weighted by Crippen LogP contribution is 2.23. The number of aromatic nitrogens is 2. The first kappa shape index (κ1) is 26.4. The Bertz CT molecular complexity index is 1100. The minimum Gasteiger partial charge on any atom is -0.480 e. The van der Waals surface area contributed by atoms with E-state index in [-0.39, 0.29) is 17.9 Å². The van der Waals surface area contributed by atoms with E-state index in [9.17, 15) is 14.7 Å². The molecule has 0 aromatic carbocycles. The molecule has 5 rings (SSSR count). The number of fused-ring (bicyclic) bond motifs is 1. The molecule has 0 spiro atoms. The molecular formula is C28H38N6O4. The molecule has 0 aliphatic carbocycles. The number of carbonyl (C=O) groups excluding carboxylic acids is 1. The fourth-order valence-electron chi connectivity index (χ4n) is 5.56. The van der Waals surface area contributed by atoms with Gasteiger partial charge >= 0.3 is 5.97 Å². The average Bonchev–Trinajstić information content (AvgIpc) is 3.61. The fraction of sp³-hybridized carbons (Fsp3) is 0.571. The largest absolute Gasteiger partial charge is 0.480 e. The molecule has 5 heterocycles. The topological polar surface area (TPSA) is 120 Å². The van der Waals surface area contributed by atoms with Gasteiger partial charge in [0, 0.05) is 57.6 Å². The molecule has 2 fully saturated rings. The van der Waals surface area contributed by atoms with Crippen LogP contribution in [0.2, 0.25) is 0 Å². The van der Waals surface area contributed by atoms with Gasteiger partial charge in [0.15, 0.2) is 0 Å². The van der Waals surface area contributed by atoms with Crippen molar-refractivity contribution in [2.24, 2.45) is 5.92 Å². The third-order valence-corrected chi connectivity index (χ3v) is 7.77. The highest BCUT2D eigenvalue weighted by atomic mass is 16.5. The number of aryl methyl sites for hydroxylation is 1. The zero-order valence-electron chi connectivity index (χ0n) is 21.8. The number of nitrogens with one attached hydrogen (secondary N) is 2. The summed E-state index contributed by atoms with van der Waals surface area (Å²) in [6.07, 6.45) is 6.88. The predicted octanol–water partition coefficient (Wildman–Crippen LogP) is 1.95. The second kappa shape index (κ2) is 12.5. The summed E-state index contributed by atoms with van der Waals surface area (Å²) in [4.78, 5) is 38.1. The van der Waals surface area contributed by atoms with Gasteiger partial charge in [0.25, 0.3) is 0 Å². The Morgan fingerprint density at radius 3 is 2.95 bits per heavy atom. The van der Waals surface area contributed by atoms with Crippen LogP contribution in [-0.4, -0.2) is 89.9 Å². The van der Waals surface area contributed by atoms with Crippen LogP contribution in [0.1, 0.15) is 36.9 Å². The normalized spacial score (nSPS) is 22.1. The van der Waals surface area contributed by atoms with E-state index in [4.69, 9.17) is 9.72 Å². The van der Waals surface area contributed by atoms with Crippen LogP contribution >= 0.6 is 0 Å². The number of hydrogen-bond donors (Lipinski definition) is 3. The summed E-state index contributed by atoms with van der Waals surface area (Å²) < 4.78 is 6.12. The molecule has 1 amide bonds. The number of nitrogens with zero attached hydrogens (tertiary/aromatic N) is 4. The molecule has 3 N–H and O–H groups in total. The number of aliphatic carboxylic acids is 1. The van der Waals surface area contributed by atoms with Gasteiger partial charge in [-0.05, 0) is 55.9 Å². The van der Waals surface area contributed by atoms with Crippen LogP contribution in [0.5, 0.6) is 0 Å². The van der Waals surface area contributed by atoms with Gasteiger partial charge < -0.3 is 30.3 Å². The summed E-state index contributed by atoms with van der Waals surface area (Å²) in [7, 11) is 0. The van der Waals surface area contributed by atoms with Gasteiger partial charge in [-0.15, -0.1) is 0 Å². The Morgan fingerprint density at radius 2 is 2.11 bits per heavy atom. The highest BCUT2D eigenvalue weighted by Gasteiger charge is 2.32. The Kier molecular flexibility index (Phi) is 8.70. The summed E-state index contributed by atoms with van der Waals surface area (Å²) in [6, 6.07) is 9.08. The zero-order valence-corrected chi connectivity index (χ0v) is 21.8. The van der Waals surface area contributed by atoms with Crippen molar-refractivity contribution in [3.8, 4) is 0 Å². The zero-order chi connectivity index (χ0) is 26.3. The molecule has 3 aliphatic rings. The standard InChI is InChI=1S/C28H38N6O4/c35-27(21-8-16-34(18-21)25-5-1-2-12-29-25)32-24(28(36)37)10-15-33-14-9-23(19-33)38-17-11-22-7-6-20-4-3-13-30-26(20)31-22/h1-2,5-7,12,21,23-24H,3-4,8-11,13-19H2,(H,30,31)(H,32,35)(H,36,37)/t21-,23-,24+/m1/s1. The number of amides is 1. The number of pyridine rings is 2. The number of carboxylic acid groups (broad SMARTS) is 1. The Labute approximate surface area is 223 Å². The monoisotopic (exact) mass is 522 g/mol. The molecule has 3 aliphatic heterocycles. The minimum atomic E-state index is -0.989. The van der Waals surface area contributed by atoms with E-state index in [1.54, 1.807) is 6.20 Å². The van der Waals surface area contributed by atoms with Crippen molar-refractivity contribution in [1.29, 1.82) is 0 Å². The molecule has 2 saturated heterocycles. The van der Waals surface area contributed by atoms with E-state index in [0.29, 0.717) is 32.5 Å². The summed E-state index contributed by atoms with van der Waals surface area (Å²) in [5.74, 6) is 0.448. The maximum Gasteiger partial charge on any atom is 0.326 e. The van der Waals surface area contributed by atoms with Crippen molar-refractivity contribution in [3.63, 3.8) is 0 Å². The molecular weight excluding hydrogens is 484 g/mol. The number of carboxylic acids is 1. The number of rotatable bonds is 11. The first-order valence-corrected chi connectivity index (χ1v) is 13.8. The maximum absolute atomic E-state index is 12.8. The van der Waals surface area contributed by atoms with Crippen molar-refractivity contribution < 1.29 is 19.4 Å². The average molecular weight is 523 g/mol. The molecule has 0 bridgehead atoms. The van der Waals surface area contributed by atoms with E-state index in [0.717, 1.165) is 69.2 Å². The third kappa shape index (κ3) is 6.79. The van der Waals surface area contributed by atoms with E-state index in [2.05, 4.69) is 37.6 Å².